The van der Waals surface area contributed by atoms with Gasteiger partial charge in [0.2, 0.25) is 0 Å². The molecule has 1 unspecified atom stereocenters. The largest absolute Gasteiger partial charge is 0.629 e. The monoisotopic (exact) mass is 274 g/mol. The van der Waals surface area contributed by atoms with Crippen LogP contribution in [-0.4, -0.2) is 4.98 Å². The van der Waals surface area contributed by atoms with Crippen molar-refractivity contribution in [2.24, 2.45) is 0 Å². The van der Waals surface area contributed by atoms with Gasteiger partial charge in [0.15, 0.2) is 5.75 Å². The summed E-state index contributed by atoms with van der Waals surface area (Å²) in [6.45, 7) is 0. The van der Waals surface area contributed by atoms with E-state index in [0.29, 0.717) is 10.5 Å². The second-order valence-electron chi connectivity index (χ2n) is 3.63. The molecule has 0 aliphatic carbocycles. The van der Waals surface area contributed by atoms with Gasteiger partial charge in [0.1, 0.15) is 0 Å². The highest BCUT2D eigenvalue weighted by molar-refractivity contribution is 7.58. The van der Waals surface area contributed by atoms with Gasteiger partial charge in [-0.1, -0.05) is 41.7 Å². The molecule has 0 bridgehead atoms. The summed E-state index contributed by atoms with van der Waals surface area (Å²) in [5, 5.41) is 0. The SMILES string of the molecule is O=[P+](Oc1ccccc1)c1nc2ccccc2s1. The maximum atomic E-state index is 12.1. The average molecular weight is 274 g/mol. The minimum Gasteiger partial charge on any atom is -0.249 e. The highest BCUT2D eigenvalue weighted by Gasteiger charge is 2.29. The number of hydrogen-bond acceptors (Lipinski definition) is 4. The molecule has 1 heterocycles. The van der Waals surface area contributed by atoms with Crippen molar-refractivity contribution in [2.75, 3.05) is 0 Å². The lowest BCUT2D eigenvalue weighted by atomic mass is 10.3. The summed E-state index contributed by atoms with van der Waals surface area (Å²) in [7, 11) is -1.94. The summed E-state index contributed by atoms with van der Waals surface area (Å²) in [6.07, 6.45) is 0. The summed E-state index contributed by atoms with van der Waals surface area (Å²) >= 11 is 1.40. The van der Waals surface area contributed by atoms with Crippen molar-refractivity contribution in [3.05, 3.63) is 54.6 Å². The Morgan fingerprint density at radius 2 is 1.72 bits per heavy atom. The second-order valence-corrected chi connectivity index (χ2v) is 6.08. The van der Waals surface area contributed by atoms with Gasteiger partial charge in [0.25, 0.3) is 0 Å². The molecule has 0 spiro atoms. The number of nitrogens with zero attached hydrogens (tertiary/aromatic N) is 1. The van der Waals surface area contributed by atoms with E-state index < -0.39 is 8.03 Å². The first-order chi connectivity index (χ1) is 8.83. The van der Waals surface area contributed by atoms with Crippen molar-refractivity contribution in [1.29, 1.82) is 0 Å². The van der Waals surface area contributed by atoms with Gasteiger partial charge in [-0.05, 0) is 28.8 Å². The number of para-hydroxylation sites is 2. The van der Waals surface area contributed by atoms with Crippen molar-refractivity contribution in [1.82, 2.24) is 4.98 Å². The quantitative estimate of drug-likeness (QED) is 0.683. The Hall–Kier alpha value is -1.77. The summed E-state index contributed by atoms with van der Waals surface area (Å²) in [5.41, 5.74) is 0.859. The lowest BCUT2D eigenvalue weighted by Crippen LogP contribution is -1.97. The van der Waals surface area contributed by atoms with Crippen LogP contribution in [0.2, 0.25) is 0 Å². The highest BCUT2D eigenvalue weighted by atomic mass is 32.1. The van der Waals surface area contributed by atoms with Crippen LogP contribution in [-0.2, 0) is 4.57 Å². The van der Waals surface area contributed by atoms with Gasteiger partial charge in [-0.15, -0.1) is 0 Å². The molecule has 0 aliphatic rings. The van der Waals surface area contributed by atoms with Crippen molar-refractivity contribution in [3.8, 4) is 5.75 Å². The van der Waals surface area contributed by atoms with E-state index in [-0.39, 0.29) is 0 Å². The molecule has 3 aromatic rings. The topological polar surface area (TPSA) is 39.2 Å². The smallest absolute Gasteiger partial charge is 0.249 e. The van der Waals surface area contributed by atoms with E-state index in [4.69, 9.17) is 4.52 Å². The van der Waals surface area contributed by atoms with Crippen LogP contribution in [0.3, 0.4) is 0 Å². The fourth-order valence-electron chi connectivity index (χ4n) is 1.55. The maximum absolute atomic E-state index is 12.1. The minimum absolute atomic E-state index is 0.523. The van der Waals surface area contributed by atoms with Crippen LogP contribution >= 0.6 is 19.4 Å². The molecule has 0 saturated heterocycles. The Labute approximate surface area is 109 Å². The lowest BCUT2D eigenvalue weighted by molar-refractivity contribution is 0.514. The van der Waals surface area contributed by atoms with E-state index >= 15 is 0 Å². The average Bonchev–Trinajstić information content (AvgIpc) is 2.84. The normalized spacial score (nSPS) is 11.4. The Balaban J connectivity index is 1.88. The molecule has 0 fully saturated rings. The van der Waals surface area contributed by atoms with Crippen LogP contribution < -0.4 is 9.27 Å². The fraction of sp³-hybridized carbons (Fsp3) is 0. The molecule has 88 valence electrons. The third-order valence-electron chi connectivity index (χ3n) is 2.37. The van der Waals surface area contributed by atoms with E-state index in [1.807, 2.05) is 42.5 Å². The standard InChI is InChI=1S/C13H9NO2PS/c15-17(16-10-6-2-1-3-7-10)13-14-11-8-4-5-9-12(11)18-13/h1-9H/q+1. The molecule has 1 aromatic heterocycles. The van der Waals surface area contributed by atoms with Crippen LogP contribution in [0, 0.1) is 0 Å². The zero-order valence-electron chi connectivity index (χ0n) is 9.32. The second kappa shape index (κ2) is 4.84. The van der Waals surface area contributed by atoms with E-state index in [1.54, 1.807) is 12.1 Å². The van der Waals surface area contributed by atoms with Crippen molar-refractivity contribution in [3.63, 3.8) is 0 Å². The van der Waals surface area contributed by atoms with Crippen molar-refractivity contribution in [2.45, 2.75) is 0 Å². The Morgan fingerprint density at radius 3 is 2.50 bits per heavy atom. The zero-order chi connectivity index (χ0) is 12.4. The van der Waals surface area contributed by atoms with Gasteiger partial charge in [0.05, 0.1) is 10.2 Å². The molecule has 2 aromatic carbocycles. The van der Waals surface area contributed by atoms with Crippen LogP contribution in [0.4, 0.5) is 0 Å². The number of aromatic nitrogens is 1. The molecule has 0 amide bonds. The first-order valence-electron chi connectivity index (χ1n) is 5.39. The number of fused-ring (bicyclic) bond motifs is 1. The number of benzene rings is 2. The summed E-state index contributed by atoms with van der Waals surface area (Å²) in [5.74, 6) is 0.595. The van der Waals surface area contributed by atoms with Gasteiger partial charge >= 0.3 is 12.8 Å². The summed E-state index contributed by atoms with van der Waals surface area (Å²) < 4.78 is 19.0. The van der Waals surface area contributed by atoms with Crippen LogP contribution in [0.15, 0.2) is 54.6 Å². The van der Waals surface area contributed by atoms with Crippen molar-refractivity contribution >= 4 is 34.3 Å². The molecule has 3 nitrogen and oxygen atoms in total. The first-order valence-corrected chi connectivity index (χ1v) is 7.38. The van der Waals surface area contributed by atoms with E-state index in [9.17, 15) is 4.57 Å². The molecule has 5 heteroatoms. The molecule has 3 rings (SSSR count). The lowest BCUT2D eigenvalue weighted by Gasteiger charge is -1.89. The predicted molar refractivity (Wildman–Crippen MR) is 73.9 cm³/mol. The van der Waals surface area contributed by atoms with Gasteiger partial charge < -0.3 is 0 Å². The van der Waals surface area contributed by atoms with Gasteiger partial charge in [0, 0.05) is 0 Å². The van der Waals surface area contributed by atoms with Crippen LogP contribution in [0.5, 0.6) is 5.75 Å². The minimum atomic E-state index is -1.94. The first kappa shape index (κ1) is 11.3. The Morgan fingerprint density at radius 1 is 1.00 bits per heavy atom. The van der Waals surface area contributed by atoms with E-state index in [2.05, 4.69) is 4.98 Å². The van der Waals surface area contributed by atoms with E-state index in [0.717, 1.165) is 10.2 Å². The van der Waals surface area contributed by atoms with Crippen LogP contribution in [0.1, 0.15) is 0 Å². The molecule has 0 radical (unpaired) electrons. The van der Waals surface area contributed by atoms with Crippen LogP contribution in [0.25, 0.3) is 10.2 Å². The molecule has 1 atom stereocenters. The third kappa shape index (κ3) is 2.26. The van der Waals surface area contributed by atoms with Gasteiger partial charge in [-0.25, -0.2) is 4.52 Å². The highest BCUT2D eigenvalue weighted by Crippen LogP contribution is 2.29. The summed E-state index contributed by atoms with van der Waals surface area (Å²) in [6, 6.07) is 16.8. The summed E-state index contributed by atoms with van der Waals surface area (Å²) in [4.78, 5) is 4.32. The maximum Gasteiger partial charge on any atom is 0.629 e. The number of rotatable bonds is 3. The molecule has 0 N–H and O–H groups in total. The fourth-order valence-corrected chi connectivity index (χ4v) is 3.55. The van der Waals surface area contributed by atoms with Gasteiger partial charge in [-0.2, -0.15) is 4.98 Å². The molecule has 0 saturated carbocycles. The molecule has 18 heavy (non-hydrogen) atoms. The third-order valence-corrected chi connectivity index (χ3v) is 4.72. The molecule has 0 aliphatic heterocycles. The van der Waals surface area contributed by atoms with Gasteiger partial charge in [-0.3, -0.25) is 0 Å². The molecular formula is C13H9NO2PS+. The van der Waals surface area contributed by atoms with E-state index in [1.165, 1.54) is 11.3 Å². The predicted octanol–water partition coefficient (Wildman–Crippen LogP) is 3.74. The zero-order valence-corrected chi connectivity index (χ0v) is 11.0. The number of hydrogen-bond donors (Lipinski definition) is 0. The Bertz CT molecular complexity index is 663. The molecular weight excluding hydrogens is 265 g/mol. The number of thiazole rings is 1. The Kier molecular flexibility index (Phi) is 3.05. The van der Waals surface area contributed by atoms with Crippen molar-refractivity contribution < 1.29 is 9.09 Å².